The number of thiazole rings is 1. The summed E-state index contributed by atoms with van der Waals surface area (Å²) in [4.78, 5) is 19.6. The molecule has 0 N–H and O–H groups in total. The molecule has 0 bridgehead atoms. The molecule has 0 aliphatic carbocycles. The van der Waals surface area contributed by atoms with Crippen molar-refractivity contribution in [3.8, 4) is 11.3 Å². The third-order valence-electron chi connectivity index (χ3n) is 2.32. The molecule has 0 aromatic carbocycles. The number of rotatable bonds is 2. The molecule has 0 unspecified atom stereocenters. The number of hydrogen-bond donors (Lipinski definition) is 0. The normalized spacial score (nSPS) is 10.8. The molecule has 5 heteroatoms. The second-order valence-corrected chi connectivity index (χ2v) is 4.13. The summed E-state index contributed by atoms with van der Waals surface area (Å²) in [6, 6.07) is 3.87. The number of pyridine rings is 1. The summed E-state index contributed by atoms with van der Waals surface area (Å²) in [6.45, 7) is 0. The average molecular weight is 229 g/mol. The van der Waals surface area contributed by atoms with Crippen LogP contribution in [0.2, 0.25) is 0 Å². The zero-order chi connectivity index (χ0) is 11.0. The number of carbonyl (C=O) groups excluding carboxylic acids is 1. The summed E-state index contributed by atoms with van der Waals surface area (Å²) in [7, 11) is 0. The molecule has 0 saturated heterocycles. The molecule has 0 aliphatic heterocycles. The predicted octanol–water partition coefficient (Wildman–Crippen LogP) is 2.27. The fraction of sp³-hybridized carbons (Fsp3) is 0. The van der Waals surface area contributed by atoms with E-state index in [0.29, 0.717) is 5.69 Å². The van der Waals surface area contributed by atoms with Crippen LogP contribution in [0.1, 0.15) is 10.5 Å². The number of aromatic nitrogens is 3. The highest BCUT2D eigenvalue weighted by atomic mass is 32.1. The van der Waals surface area contributed by atoms with Gasteiger partial charge in [0.25, 0.3) is 0 Å². The Hall–Kier alpha value is -2.01. The molecule has 4 nitrogen and oxygen atoms in total. The molecule has 0 atom stereocenters. The van der Waals surface area contributed by atoms with Crippen molar-refractivity contribution in [2.24, 2.45) is 0 Å². The maximum absolute atomic E-state index is 10.6. The van der Waals surface area contributed by atoms with E-state index in [1.165, 1.54) is 11.3 Å². The third kappa shape index (κ3) is 1.33. The van der Waals surface area contributed by atoms with Crippen molar-refractivity contribution in [3.63, 3.8) is 0 Å². The van der Waals surface area contributed by atoms with Gasteiger partial charge in [-0.25, -0.2) is 4.98 Å². The fourth-order valence-corrected chi connectivity index (χ4v) is 2.48. The Kier molecular flexibility index (Phi) is 2.04. The highest BCUT2D eigenvalue weighted by Gasteiger charge is 2.08. The Morgan fingerprint density at radius 2 is 2.12 bits per heavy atom. The first-order valence-electron chi connectivity index (χ1n) is 4.70. The lowest BCUT2D eigenvalue weighted by Crippen LogP contribution is -1.83. The van der Waals surface area contributed by atoms with E-state index < -0.39 is 0 Å². The number of nitrogens with zero attached hydrogens (tertiary/aromatic N) is 3. The summed E-state index contributed by atoms with van der Waals surface area (Å²) in [5.41, 5.74) is 2.56. The molecule has 3 aromatic rings. The maximum Gasteiger partial charge on any atom is 0.194 e. The van der Waals surface area contributed by atoms with E-state index in [4.69, 9.17) is 0 Å². The third-order valence-corrected chi connectivity index (χ3v) is 3.16. The first-order valence-corrected chi connectivity index (χ1v) is 5.58. The molecule has 78 valence electrons. The number of fused-ring (bicyclic) bond motifs is 1. The molecular formula is C11H7N3OS. The lowest BCUT2D eigenvalue weighted by atomic mass is 10.2. The van der Waals surface area contributed by atoms with Crippen LogP contribution in [0, 0.1) is 0 Å². The second-order valence-electron chi connectivity index (χ2n) is 3.29. The maximum atomic E-state index is 10.6. The van der Waals surface area contributed by atoms with Crippen molar-refractivity contribution in [3.05, 3.63) is 41.8 Å². The van der Waals surface area contributed by atoms with Gasteiger partial charge in [-0.05, 0) is 12.1 Å². The van der Waals surface area contributed by atoms with Crippen LogP contribution in [-0.2, 0) is 0 Å². The molecule has 0 saturated carbocycles. The Morgan fingerprint density at radius 3 is 2.88 bits per heavy atom. The quantitative estimate of drug-likeness (QED) is 0.633. The molecule has 0 spiro atoms. The first kappa shape index (κ1) is 9.23. The fourth-order valence-electron chi connectivity index (χ4n) is 1.59. The summed E-state index contributed by atoms with van der Waals surface area (Å²) < 4.78 is 1.92. The van der Waals surface area contributed by atoms with Crippen LogP contribution in [0.3, 0.4) is 0 Å². The van der Waals surface area contributed by atoms with Gasteiger partial charge in [-0.15, -0.1) is 11.3 Å². The Labute approximate surface area is 95.2 Å². The summed E-state index contributed by atoms with van der Waals surface area (Å²) in [6.07, 6.45) is 6.00. The van der Waals surface area contributed by atoms with E-state index in [-0.39, 0.29) is 0 Å². The largest absolute Gasteiger partial charge is 0.296 e. The SMILES string of the molecule is O=Cc1cn2c(-c3ccncc3)csc2n1. The monoisotopic (exact) mass is 229 g/mol. The first-order chi connectivity index (χ1) is 7.88. The Balaban J connectivity index is 2.24. The van der Waals surface area contributed by atoms with Crippen LogP contribution < -0.4 is 0 Å². The van der Waals surface area contributed by atoms with Crippen molar-refractivity contribution < 1.29 is 4.79 Å². The standard InChI is InChI=1S/C11H7N3OS/c15-6-9-5-14-10(7-16-11(14)13-9)8-1-3-12-4-2-8/h1-7H. The van der Waals surface area contributed by atoms with E-state index in [0.717, 1.165) is 22.5 Å². The number of aldehydes is 1. The van der Waals surface area contributed by atoms with Crippen LogP contribution in [0.25, 0.3) is 16.2 Å². The number of imidazole rings is 1. The Bertz CT molecular complexity index is 642. The van der Waals surface area contributed by atoms with Crippen LogP contribution in [0.4, 0.5) is 0 Å². The molecule has 3 heterocycles. The Morgan fingerprint density at radius 1 is 1.31 bits per heavy atom. The highest BCUT2D eigenvalue weighted by Crippen LogP contribution is 2.25. The lowest BCUT2D eigenvalue weighted by Gasteiger charge is -1.97. The van der Waals surface area contributed by atoms with Gasteiger partial charge in [0.15, 0.2) is 11.2 Å². The molecule has 0 aliphatic rings. The van der Waals surface area contributed by atoms with Gasteiger partial charge in [0.2, 0.25) is 0 Å². The minimum Gasteiger partial charge on any atom is -0.296 e. The van der Waals surface area contributed by atoms with Gasteiger partial charge in [-0.3, -0.25) is 14.2 Å². The van der Waals surface area contributed by atoms with Gasteiger partial charge in [0.1, 0.15) is 5.69 Å². The van der Waals surface area contributed by atoms with E-state index in [2.05, 4.69) is 9.97 Å². The van der Waals surface area contributed by atoms with Gasteiger partial charge in [0.05, 0.1) is 5.69 Å². The molecule has 0 radical (unpaired) electrons. The van der Waals surface area contributed by atoms with Crippen molar-refractivity contribution >= 4 is 22.6 Å². The molecule has 0 fully saturated rings. The van der Waals surface area contributed by atoms with Crippen LogP contribution in [0.15, 0.2) is 36.1 Å². The smallest absolute Gasteiger partial charge is 0.194 e. The number of hydrogen-bond acceptors (Lipinski definition) is 4. The molecule has 3 rings (SSSR count). The van der Waals surface area contributed by atoms with Crippen molar-refractivity contribution in [1.82, 2.24) is 14.4 Å². The van der Waals surface area contributed by atoms with Crippen LogP contribution in [-0.4, -0.2) is 20.7 Å². The molecular weight excluding hydrogens is 222 g/mol. The van der Waals surface area contributed by atoms with Gasteiger partial charge >= 0.3 is 0 Å². The summed E-state index contributed by atoms with van der Waals surface area (Å²) >= 11 is 1.52. The van der Waals surface area contributed by atoms with Crippen molar-refractivity contribution in [2.75, 3.05) is 0 Å². The van der Waals surface area contributed by atoms with Crippen molar-refractivity contribution in [2.45, 2.75) is 0 Å². The zero-order valence-electron chi connectivity index (χ0n) is 8.20. The molecule has 3 aromatic heterocycles. The van der Waals surface area contributed by atoms with E-state index in [1.807, 2.05) is 21.9 Å². The lowest BCUT2D eigenvalue weighted by molar-refractivity contribution is 0.111. The van der Waals surface area contributed by atoms with Gasteiger partial charge in [-0.1, -0.05) is 0 Å². The van der Waals surface area contributed by atoms with Gasteiger partial charge in [0, 0.05) is 29.5 Å². The summed E-state index contributed by atoms with van der Waals surface area (Å²) in [5, 5.41) is 2.02. The number of carbonyl (C=O) groups is 1. The molecule has 16 heavy (non-hydrogen) atoms. The van der Waals surface area contributed by atoms with Crippen LogP contribution >= 0.6 is 11.3 Å². The minimum atomic E-state index is 0.460. The topological polar surface area (TPSA) is 47.3 Å². The van der Waals surface area contributed by atoms with E-state index >= 15 is 0 Å². The zero-order valence-corrected chi connectivity index (χ0v) is 9.02. The summed E-state index contributed by atoms with van der Waals surface area (Å²) in [5.74, 6) is 0. The van der Waals surface area contributed by atoms with Gasteiger partial charge < -0.3 is 0 Å². The van der Waals surface area contributed by atoms with E-state index in [9.17, 15) is 4.79 Å². The minimum absolute atomic E-state index is 0.460. The highest BCUT2D eigenvalue weighted by molar-refractivity contribution is 7.15. The second kappa shape index (κ2) is 3.53. The van der Waals surface area contributed by atoms with Gasteiger partial charge in [-0.2, -0.15) is 0 Å². The average Bonchev–Trinajstić information content (AvgIpc) is 2.88. The van der Waals surface area contributed by atoms with Crippen molar-refractivity contribution in [1.29, 1.82) is 0 Å². The predicted molar refractivity (Wildman–Crippen MR) is 61.7 cm³/mol. The van der Waals surface area contributed by atoms with E-state index in [1.54, 1.807) is 18.6 Å². The van der Waals surface area contributed by atoms with Crippen LogP contribution in [0.5, 0.6) is 0 Å². The molecule has 0 amide bonds.